The number of carbonyl (C=O) groups excluding carboxylic acids is 4. The van der Waals surface area contributed by atoms with E-state index in [4.69, 9.17) is 9.47 Å². The molecule has 0 atom stereocenters. The van der Waals surface area contributed by atoms with E-state index in [0.29, 0.717) is 22.9 Å². The number of ether oxygens (including phenoxy) is 2. The molecule has 0 bridgehead atoms. The summed E-state index contributed by atoms with van der Waals surface area (Å²) >= 11 is 0. The summed E-state index contributed by atoms with van der Waals surface area (Å²) in [5.41, 5.74) is 7.62. The Morgan fingerprint density at radius 1 is 0.821 bits per heavy atom. The number of hydrazine groups is 1. The summed E-state index contributed by atoms with van der Waals surface area (Å²) in [7, 11) is 0. The molecule has 39 heavy (non-hydrogen) atoms. The van der Waals surface area contributed by atoms with Gasteiger partial charge in [-0.25, -0.2) is 0 Å². The zero-order valence-corrected chi connectivity index (χ0v) is 22.3. The minimum absolute atomic E-state index is 0.0292. The zero-order valence-electron chi connectivity index (χ0n) is 22.3. The van der Waals surface area contributed by atoms with Crippen molar-refractivity contribution in [2.24, 2.45) is 0 Å². The molecular weight excluding hydrogens is 498 g/mol. The topological polar surface area (TPSA) is 123 Å². The van der Waals surface area contributed by atoms with Gasteiger partial charge in [0.05, 0.1) is 0 Å². The van der Waals surface area contributed by atoms with Crippen molar-refractivity contribution in [1.82, 2.24) is 10.9 Å². The lowest BCUT2D eigenvalue weighted by Crippen LogP contribution is -2.43. The first-order valence-corrected chi connectivity index (χ1v) is 12.7. The Balaban J connectivity index is 1.34. The van der Waals surface area contributed by atoms with Crippen LogP contribution in [0.1, 0.15) is 60.5 Å². The molecule has 0 aromatic heterocycles. The van der Waals surface area contributed by atoms with Gasteiger partial charge >= 0.3 is 5.97 Å². The second kappa shape index (κ2) is 14.3. The van der Waals surface area contributed by atoms with Crippen LogP contribution in [0.25, 0.3) is 0 Å². The predicted octanol–water partition coefficient (Wildman–Crippen LogP) is 5.02. The quantitative estimate of drug-likeness (QED) is 0.236. The summed E-state index contributed by atoms with van der Waals surface area (Å²) in [6.07, 6.45) is 0.329. The van der Waals surface area contributed by atoms with E-state index in [1.54, 1.807) is 54.6 Å². The second-order valence-corrected chi connectivity index (χ2v) is 9.25. The Hall–Kier alpha value is -4.66. The molecule has 0 aliphatic rings. The van der Waals surface area contributed by atoms with Gasteiger partial charge < -0.3 is 14.8 Å². The van der Waals surface area contributed by atoms with E-state index in [2.05, 4.69) is 42.1 Å². The van der Waals surface area contributed by atoms with Crippen LogP contribution < -0.4 is 20.9 Å². The van der Waals surface area contributed by atoms with Crippen LogP contribution >= 0.6 is 0 Å². The largest absolute Gasteiger partial charge is 0.457 e. The number of amides is 3. The van der Waals surface area contributed by atoms with Gasteiger partial charge in [0.2, 0.25) is 5.91 Å². The second-order valence-electron chi connectivity index (χ2n) is 9.25. The van der Waals surface area contributed by atoms with Crippen LogP contribution in [0.4, 0.5) is 5.69 Å². The van der Waals surface area contributed by atoms with Crippen LogP contribution in [0, 0.1) is 6.92 Å². The van der Waals surface area contributed by atoms with Crippen molar-refractivity contribution in [2.45, 2.75) is 46.0 Å². The third kappa shape index (κ3) is 9.62. The molecule has 3 N–H and O–H groups in total. The van der Waals surface area contributed by atoms with Crippen molar-refractivity contribution < 1.29 is 28.7 Å². The highest BCUT2D eigenvalue weighted by Gasteiger charge is 2.12. The molecule has 0 saturated carbocycles. The Labute approximate surface area is 227 Å². The molecule has 0 saturated heterocycles. The number of hydrogen-bond acceptors (Lipinski definition) is 6. The van der Waals surface area contributed by atoms with E-state index in [1.807, 2.05) is 13.0 Å². The van der Waals surface area contributed by atoms with Gasteiger partial charge in [-0.2, -0.15) is 0 Å². The molecule has 3 aromatic carbocycles. The van der Waals surface area contributed by atoms with E-state index in [0.717, 1.165) is 16.9 Å². The Bertz CT molecular complexity index is 1290. The summed E-state index contributed by atoms with van der Waals surface area (Å²) in [5, 5.41) is 2.79. The highest BCUT2D eigenvalue weighted by molar-refractivity contribution is 5.95. The van der Waals surface area contributed by atoms with Crippen molar-refractivity contribution in [2.75, 3.05) is 11.9 Å². The number of rotatable bonds is 11. The van der Waals surface area contributed by atoms with E-state index in [1.165, 1.54) is 0 Å². The van der Waals surface area contributed by atoms with Crippen molar-refractivity contribution in [1.29, 1.82) is 0 Å². The molecule has 0 unspecified atom stereocenters. The van der Waals surface area contributed by atoms with E-state index in [9.17, 15) is 19.2 Å². The maximum absolute atomic E-state index is 12.3. The highest BCUT2D eigenvalue weighted by Crippen LogP contribution is 2.32. The highest BCUT2D eigenvalue weighted by atomic mass is 16.5. The third-order valence-electron chi connectivity index (χ3n) is 5.66. The van der Waals surface area contributed by atoms with Crippen LogP contribution in [0.5, 0.6) is 11.5 Å². The molecule has 3 aromatic rings. The molecule has 204 valence electrons. The summed E-state index contributed by atoms with van der Waals surface area (Å²) < 4.78 is 11.0. The van der Waals surface area contributed by atoms with Crippen molar-refractivity contribution >= 4 is 29.4 Å². The van der Waals surface area contributed by atoms with E-state index < -0.39 is 24.4 Å². The van der Waals surface area contributed by atoms with Crippen LogP contribution in [0.2, 0.25) is 0 Å². The van der Waals surface area contributed by atoms with Gasteiger partial charge in [-0.05, 0) is 72.9 Å². The van der Waals surface area contributed by atoms with Crippen molar-refractivity contribution in [3.8, 4) is 11.5 Å². The number of hydrogen-bond donors (Lipinski definition) is 3. The number of benzene rings is 3. The van der Waals surface area contributed by atoms with Gasteiger partial charge in [0.1, 0.15) is 11.5 Å². The number of anilines is 1. The van der Waals surface area contributed by atoms with Gasteiger partial charge in [-0.15, -0.1) is 0 Å². The fourth-order valence-corrected chi connectivity index (χ4v) is 3.60. The van der Waals surface area contributed by atoms with Gasteiger partial charge in [-0.1, -0.05) is 44.2 Å². The monoisotopic (exact) mass is 531 g/mol. The predicted molar refractivity (Wildman–Crippen MR) is 147 cm³/mol. The first-order chi connectivity index (χ1) is 18.7. The third-order valence-corrected chi connectivity index (χ3v) is 5.66. The summed E-state index contributed by atoms with van der Waals surface area (Å²) in [6.45, 7) is 5.69. The average molecular weight is 532 g/mol. The fourth-order valence-electron chi connectivity index (χ4n) is 3.60. The molecule has 0 aliphatic heterocycles. The lowest BCUT2D eigenvalue weighted by Gasteiger charge is -2.15. The molecule has 0 radical (unpaired) electrons. The molecular formula is C30H33N3O6. The van der Waals surface area contributed by atoms with Gasteiger partial charge in [0.25, 0.3) is 11.8 Å². The summed E-state index contributed by atoms with van der Waals surface area (Å²) in [4.78, 5) is 47.8. The minimum atomic E-state index is -0.680. The lowest BCUT2D eigenvalue weighted by molar-refractivity contribution is -0.148. The number of nitrogens with one attached hydrogen (secondary N) is 3. The SMILES string of the molecule is Cc1ccc(C(C)C)c(Oc2ccc(NC(=O)CCCC(=O)OCC(=O)NNC(=O)c3ccccc3)cc2)c1. The Kier molecular flexibility index (Phi) is 10.6. The number of carbonyl (C=O) groups is 4. The van der Waals surface area contributed by atoms with E-state index in [-0.39, 0.29) is 25.2 Å². The molecule has 0 heterocycles. The fraction of sp³-hybridized carbons (Fsp3) is 0.267. The minimum Gasteiger partial charge on any atom is -0.457 e. The smallest absolute Gasteiger partial charge is 0.306 e. The van der Waals surface area contributed by atoms with Gasteiger partial charge in [-0.3, -0.25) is 30.0 Å². The molecule has 0 aliphatic carbocycles. The first kappa shape index (κ1) is 28.9. The van der Waals surface area contributed by atoms with Crippen LogP contribution in [-0.4, -0.2) is 30.3 Å². The Morgan fingerprint density at radius 3 is 2.23 bits per heavy atom. The summed E-state index contributed by atoms with van der Waals surface area (Å²) in [5.74, 6) is -0.254. The lowest BCUT2D eigenvalue weighted by atomic mass is 10.0. The van der Waals surface area contributed by atoms with E-state index >= 15 is 0 Å². The molecule has 0 spiro atoms. The molecule has 3 amide bonds. The molecule has 3 rings (SSSR count). The van der Waals surface area contributed by atoms with Gasteiger partial charge in [0.15, 0.2) is 6.61 Å². The molecule has 9 heteroatoms. The maximum atomic E-state index is 12.3. The number of esters is 1. The standard InChI is InChI=1S/C30H33N3O6/c1-20(2)25-17-12-21(3)18-26(25)39-24-15-13-23(14-16-24)31-27(34)10-7-11-29(36)38-19-28(35)32-33-30(37)22-8-5-4-6-9-22/h4-6,8-9,12-18,20H,7,10-11,19H2,1-3H3,(H,31,34)(H,32,35)(H,33,37). The number of aryl methyl sites for hydroxylation is 1. The van der Waals surface area contributed by atoms with Crippen molar-refractivity contribution in [3.05, 3.63) is 89.5 Å². The normalized spacial score (nSPS) is 10.5. The van der Waals surface area contributed by atoms with Gasteiger partial charge in [0, 0.05) is 24.1 Å². The van der Waals surface area contributed by atoms with Crippen LogP contribution in [0.3, 0.4) is 0 Å². The first-order valence-electron chi connectivity index (χ1n) is 12.7. The van der Waals surface area contributed by atoms with Crippen molar-refractivity contribution in [3.63, 3.8) is 0 Å². The van der Waals surface area contributed by atoms with Crippen LogP contribution in [0.15, 0.2) is 72.8 Å². The summed E-state index contributed by atoms with van der Waals surface area (Å²) in [6, 6.07) is 21.5. The molecule has 0 fully saturated rings. The maximum Gasteiger partial charge on any atom is 0.306 e. The molecule has 9 nitrogen and oxygen atoms in total. The zero-order chi connectivity index (χ0) is 28.2. The Morgan fingerprint density at radius 2 is 1.54 bits per heavy atom. The van der Waals surface area contributed by atoms with Crippen LogP contribution in [-0.2, 0) is 19.1 Å². The average Bonchev–Trinajstić information content (AvgIpc) is 2.92.